The molecule has 0 saturated carbocycles. The quantitative estimate of drug-likeness (QED) is 0.0683. The van der Waals surface area contributed by atoms with Crippen LogP contribution in [0.3, 0.4) is 0 Å². The summed E-state index contributed by atoms with van der Waals surface area (Å²) in [6.45, 7) is -5.40. The molecule has 6 fully saturated rings. The van der Waals surface area contributed by atoms with E-state index in [1.54, 1.807) is 0 Å². The molecule has 0 amide bonds. The molecule has 31 nitrogen and oxygen atoms in total. The third-order valence-electron chi connectivity index (χ3n) is 12.4. The van der Waals surface area contributed by atoms with Crippen molar-refractivity contribution in [1.29, 1.82) is 0 Å². The zero-order valence-corrected chi connectivity index (χ0v) is 35.0. The van der Waals surface area contributed by atoms with Crippen LogP contribution in [-0.2, 0) is 52.1 Å². The van der Waals surface area contributed by atoms with Crippen LogP contribution in [0, 0.1) is 0 Å². The SMILES string of the molecule is OC[C@H]1O[C@@H](O[C@@H]2[C@H](OC[C@H]3O[C@@H](O[C@@H]4[C@H](O[C@@H]5[C@H](OC[C@H]6O[C@@H](O)[C@@H](O)[C@@H](O)[C@@H]6O)O[C@H](CO)[C@@H](O)[C@@H]5O)O[C@H](CO)[C@@H](O)[C@@H]4O)[C@@H](O)[C@@H](O)[C@@H]3O)O[C@H](CO)[C@@H](O)[C@@H]2O)[C@@H](O)[C@@H](O)[C@@H]1O. The van der Waals surface area contributed by atoms with E-state index in [-0.39, 0.29) is 0 Å². The van der Waals surface area contributed by atoms with E-state index >= 15 is 0 Å². The highest BCUT2D eigenvalue weighted by atomic mass is 16.8. The molecule has 31 heteroatoms. The van der Waals surface area contributed by atoms with Crippen LogP contribution >= 0.6 is 0 Å². The van der Waals surface area contributed by atoms with Gasteiger partial charge in [0.15, 0.2) is 37.7 Å². The van der Waals surface area contributed by atoms with Crippen molar-refractivity contribution in [2.75, 3.05) is 39.6 Å². The zero-order chi connectivity index (χ0) is 49.3. The molecule has 6 saturated heterocycles. The van der Waals surface area contributed by atoms with Gasteiger partial charge in [-0.1, -0.05) is 0 Å². The fourth-order valence-corrected chi connectivity index (χ4v) is 8.24. The van der Waals surface area contributed by atoms with E-state index in [0.717, 1.165) is 0 Å². The van der Waals surface area contributed by atoms with Gasteiger partial charge in [-0.2, -0.15) is 0 Å². The normalized spacial score (nSPS) is 53.4. The van der Waals surface area contributed by atoms with Crippen molar-refractivity contribution < 1.29 is 154 Å². The Hall–Kier alpha value is -1.24. The predicted octanol–water partition coefficient (Wildman–Crippen LogP) is -14.1. The minimum absolute atomic E-state index is 0.794. The lowest BCUT2D eigenvalue weighted by atomic mass is 9.96. The first-order valence-electron chi connectivity index (χ1n) is 21.1. The minimum Gasteiger partial charge on any atom is -0.394 e. The molecule has 0 aromatic carbocycles. The van der Waals surface area contributed by atoms with Gasteiger partial charge in [0.05, 0.1) is 39.6 Å². The van der Waals surface area contributed by atoms with E-state index in [2.05, 4.69) is 0 Å². The van der Waals surface area contributed by atoms with Gasteiger partial charge in [0.2, 0.25) is 0 Å². The highest BCUT2D eigenvalue weighted by Crippen LogP contribution is 2.35. The molecule has 20 N–H and O–H groups in total. The van der Waals surface area contributed by atoms with Crippen molar-refractivity contribution in [2.45, 2.75) is 184 Å². The van der Waals surface area contributed by atoms with Crippen LogP contribution in [0.4, 0.5) is 0 Å². The third kappa shape index (κ3) is 11.5. The maximum absolute atomic E-state index is 11.3. The molecule has 0 radical (unpaired) electrons. The molecule has 0 aliphatic carbocycles. The van der Waals surface area contributed by atoms with Gasteiger partial charge >= 0.3 is 0 Å². The zero-order valence-electron chi connectivity index (χ0n) is 35.0. The summed E-state index contributed by atoms with van der Waals surface area (Å²) in [6, 6.07) is 0. The third-order valence-corrected chi connectivity index (χ3v) is 12.4. The second-order valence-electron chi connectivity index (χ2n) is 16.8. The van der Waals surface area contributed by atoms with Gasteiger partial charge in [-0.15, -0.1) is 0 Å². The molecule has 0 aromatic heterocycles. The van der Waals surface area contributed by atoms with E-state index in [0.29, 0.717) is 0 Å². The molecule has 6 aliphatic heterocycles. The van der Waals surface area contributed by atoms with Crippen molar-refractivity contribution in [3.8, 4) is 0 Å². The number of rotatable bonds is 16. The Morgan fingerprint density at radius 3 is 0.910 bits per heavy atom. The fourth-order valence-electron chi connectivity index (χ4n) is 8.24. The number of hydrogen-bond donors (Lipinski definition) is 20. The van der Waals surface area contributed by atoms with Crippen LogP contribution in [0.5, 0.6) is 0 Å². The topological polar surface area (TPSA) is 506 Å². The summed E-state index contributed by atoms with van der Waals surface area (Å²) in [5.74, 6) is 0. The van der Waals surface area contributed by atoms with Gasteiger partial charge in [0.25, 0.3) is 0 Å². The average Bonchev–Trinajstić information content (AvgIpc) is 3.31. The molecule has 392 valence electrons. The second kappa shape index (κ2) is 23.5. The van der Waals surface area contributed by atoms with Gasteiger partial charge in [-0.25, -0.2) is 0 Å². The summed E-state index contributed by atoms with van der Waals surface area (Å²) in [4.78, 5) is 0. The van der Waals surface area contributed by atoms with Crippen LogP contribution in [0.2, 0.25) is 0 Å². The standard InChI is InChI=1S/C36H62O31/c37-1-7-13(41)20(48)26(54)32(60-7)65-28-22(50)14(42)8(2-38)61-34(28)58-6-12-18(46)21(49)27(55)33(64-12)66-30-24(52)16(44)10(4-40)63-36(30)67-29-23(51)15(43)9(3-39)62-35(29)57-5-11-17(45)19(47)25(53)31(56)59-11/h7-56H,1-6H2/t7-,8-,9-,10-,11-,12-,13-,14-,15-,16-,17-,18-,19+,20+,21+,22+,23+,24+,25+,26+,27+,28+,29+,30+,31-,32+,33+,34-,35-,36+/m1/s1. The summed E-state index contributed by atoms with van der Waals surface area (Å²) < 4.78 is 61.4. The molecule has 6 rings (SSSR count). The number of ether oxygens (including phenoxy) is 11. The largest absolute Gasteiger partial charge is 0.394 e. The second-order valence-corrected chi connectivity index (χ2v) is 16.8. The Balaban J connectivity index is 1.19. The lowest BCUT2D eigenvalue weighted by Crippen LogP contribution is -2.67. The molecule has 0 spiro atoms. The number of hydrogen-bond acceptors (Lipinski definition) is 31. The van der Waals surface area contributed by atoms with Crippen molar-refractivity contribution >= 4 is 0 Å². The minimum atomic E-state index is -2.21. The van der Waals surface area contributed by atoms with Crippen LogP contribution in [0.15, 0.2) is 0 Å². The average molecular weight is 991 g/mol. The highest BCUT2D eigenvalue weighted by Gasteiger charge is 2.56. The van der Waals surface area contributed by atoms with Crippen molar-refractivity contribution in [1.82, 2.24) is 0 Å². The first-order chi connectivity index (χ1) is 31.7. The summed E-state index contributed by atoms with van der Waals surface area (Å²) in [5.41, 5.74) is 0. The molecular formula is C36H62O31. The Labute approximate surface area is 378 Å². The van der Waals surface area contributed by atoms with Crippen LogP contribution in [-0.4, -0.2) is 326 Å². The molecule has 67 heavy (non-hydrogen) atoms. The predicted molar refractivity (Wildman–Crippen MR) is 199 cm³/mol. The van der Waals surface area contributed by atoms with E-state index in [9.17, 15) is 102 Å². The Bertz CT molecular complexity index is 1510. The number of aliphatic hydroxyl groups is 20. The van der Waals surface area contributed by atoms with Crippen molar-refractivity contribution in [3.63, 3.8) is 0 Å². The van der Waals surface area contributed by atoms with Gasteiger partial charge < -0.3 is 154 Å². The summed E-state index contributed by atoms with van der Waals surface area (Å²) in [5, 5.41) is 209. The van der Waals surface area contributed by atoms with E-state index in [1.807, 2.05) is 0 Å². The molecule has 6 heterocycles. The van der Waals surface area contributed by atoms with Gasteiger partial charge in [0, 0.05) is 0 Å². The highest BCUT2D eigenvalue weighted by molar-refractivity contribution is 4.98. The van der Waals surface area contributed by atoms with Crippen molar-refractivity contribution in [2.24, 2.45) is 0 Å². The molecule has 30 atom stereocenters. The smallest absolute Gasteiger partial charge is 0.187 e. The first kappa shape index (κ1) is 55.1. The van der Waals surface area contributed by atoms with Gasteiger partial charge in [-0.3, -0.25) is 0 Å². The summed E-state index contributed by atoms with van der Waals surface area (Å²) in [6.07, 6.45) is -57.6. The molecule has 0 aromatic rings. The lowest BCUT2D eigenvalue weighted by Gasteiger charge is -2.49. The van der Waals surface area contributed by atoms with Crippen molar-refractivity contribution in [3.05, 3.63) is 0 Å². The molecule has 6 aliphatic rings. The summed E-state index contributed by atoms with van der Waals surface area (Å²) >= 11 is 0. The van der Waals surface area contributed by atoms with Crippen LogP contribution in [0.25, 0.3) is 0 Å². The van der Waals surface area contributed by atoms with E-state index < -0.39 is 224 Å². The Kier molecular flexibility index (Phi) is 19.4. The van der Waals surface area contributed by atoms with Crippen LogP contribution in [0.1, 0.15) is 0 Å². The Morgan fingerprint density at radius 2 is 0.522 bits per heavy atom. The first-order valence-corrected chi connectivity index (χ1v) is 21.1. The van der Waals surface area contributed by atoms with E-state index in [4.69, 9.17) is 52.1 Å². The van der Waals surface area contributed by atoms with Gasteiger partial charge in [0.1, 0.15) is 146 Å². The number of aliphatic hydroxyl groups excluding tert-OH is 20. The maximum Gasteiger partial charge on any atom is 0.187 e. The maximum atomic E-state index is 11.3. The monoisotopic (exact) mass is 990 g/mol. The molecule has 0 bridgehead atoms. The fraction of sp³-hybridized carbons (Fsp3) is 1.00. The Morgan fingerprint density at radius 1 is 0.254 bits per heavy atom. The molecule has 0 unspecified atom stereocenters. The van der Waals surface area contributed by atoms with E-state index in [1.165, 1.54) is 0 Å². The summed E-state index contributed by atoms with van der Waals surface area (Å²) in [7, 11) is 0. The lowest BCUT2D eigenvalue weighted by molar-refractivity contribution is -0.398. The van der Waals surface area contributed by atoms with Gasteiger partial charge in [-0.05, 0) is 0 Å². The van der Waals surface area contributed by atoms with Crippen LogP contribution < -0.4 is 0 Å². The molecular weight excluding hydrogens is 928 g/mol.